The number of piperidine rings is 1. The number of aryl methyl sites for hydroxylation is 2. The summed E-state index contributed by atoms with van der Waals surface area (Å²) in [7, 11) is 3.71. The Morgan fingerprint density at radius 1 is 1.37 bits per heavy atom. The molecular weight excluding hydrogens is 344 g/mol. The van der Waals surface area contributed by atoms with Gasteiger partial charge in [0.05, 0.1) is 5.69 Å². The summed E-state index contributed by atoms with van der Waals surface area (Å²) < 4.78 is 7.39. The standard InChI is InChI=1S/C19H34N6O2/c1-13-16(14(2)24(7)23-13)11-21-17(20-6)22-15-9-8-10-25(12-15)18(26)27-19(3,4)5/h15H,8-12H2,1-7H3,(H2,20,21,22). The normalized spacial score (nSPS) is 18.4. The second-order valence-corrected chi connectivity index (χ2v) is 8.11. The minimum Gasteiger partial charge on any atom is -0.444 e. The molecule has 1 aromatic rings. The fourth-order valence-electron chi connectivity index (χ4n) is 3.22. The molecule has 1 aromatic heterocycles. The van der Waals surface area contributed by atoms with Crippen molar-refractivity contribution < 1.29 is 9.53 Å². The average molecular weight is 379 g/mol. The van der Waals surface area contributed by atoms with Gasteiger partial charge in [-0.15, -0.1) is 0 Å². The number of aromatic nitrogens is 2. The van der Waals surface area contributed by atoms with E-state index >= 15 is 0 Å². The molecule has 1 amide bonds. The van der Waals surface area contributed by atoms with E-state index in [9.17, 15) is 4.79 Å². The second kappa shape index (κ2) is 8.63. The van der Waals surface area contributed by atoms with Crippen LogP contribution in [0, 0.1) is 13.8 Å². The first-order valence-electron chi connectivity index (χ1n) is 9.55. The fraction of sp³-hybridized carbons (Fsp3) is 0.737. The van der Waals surface area contributed by atoms with Crippen molar-refractivity contribution in [2.75, 3.05) is 20.1 Å². The predicted molar refractivity (Wildman–Crippen MR) is 107 cm³/mol. The first-order valence-corrected chi connectivity index (χ1v) is 9.55. The molecule has 0 aromatic carbocycles. The Morgan fingerprint density at radius 3 is 2.63 bits per heavy atom. The molecule has 1 aliphatic rings. The molecular formula is C19H34N6O2. The van der Waals surface area contributed by atoms with Crippen molar-refractivity contribution in [1.82, 2.24) is 25.3 Å². The van der Waals surface area contributed by atoms with E-state index in [0.29, 0.717) is 13.1 Å². The van der Waals surface area contributed by atoms with E-state index in [4.69, 9.17) is 4.74 Å². The molecule has 0 aliphatic carbocycles. The van der Waals surface area contributed by atoms with Gasteiger partial charge in [-0.1, -0.05) is 0 Å². The van der Waals surface area contributed by atoms with Crippen LogP contribution in [0.25, 0.3) is 0 Å². The summed E-state index contributed by atoms with van der Waals surface area (Å²) in [4.78, 5) is 18.4. The van der Waals surface area contributed by atoms with Crippen molar-refractivity contribution in [2.24, 2.45) is 12.0 Å². The molecule has 0 saturated carbocycles. The number of aliphatic imine (C=N–C) groups is 1. The minimum atomic E-state index is -0.478. The van der Waals surface area contributed by atoms with Gasteiger partial charge in [-0.25, -0.2) is 4.79 Å². The minimum absolute atomic E-state index is 0.147. The molecule has 0 radical (unpaired) electrons. The number of carbonyl (C=O) groups excluding carboxylic acids is 1. The molecule has 0 spiro atoms. The zero-order chi connectivity index (χ0) is 20.2. The van der Waals surface area contributed by atoms with Crippen LogP contribution in [-0.2, 0) is 18.3 Å². The van der Waals surface area contributed by atoms with Crippen LogP contribution >= 0.6 is 0 Å². The van der Waals surface area contributed by atoms with Gasteiger partial charge in [-0.2, -0.15) is 5.10 Å². The number of nitrogens with one attached hydrogen (secondary N) is 2. The molecule has 1 aliphatic heterocycles. The SMILES string of the molecule is CN=C(NCc1c(C)nn(C)c1C)NC1CCCN(C(=O)OC(C)(C)C)C1. The van der Waals surface area contributed by atoms with E-state index < -0.39 is 5.60 Å². The topological polar surface area (TPSA) is 83.8 Å². The van der Waals surface area contributed by atoms with E-state index in [1.54, 1.807) is 11.9 Å². The van der Waals surface area contributed by atoms with E-state index in [1.165, 1.54) is 5.56 Å². The Bertz CT molecular complexity index is 689. The van der Waals surface area contributed by atoms with Gasteiger partial charge in [0.15, 0.2) is 5.96 Å². The first kappa shape index (κ1) is 21.1. The Balaban J connectivity index is 1.91. The number of hydrogen-bond donors (Lipinski definition) is 2. The van der Waals surface area contributed by atoms with Crippen LogP contribution in [0.4, 0.5) is 4.79 Å². The van der Waals surface area contributed by atoms with Crippen molar-refractivity contribution in [3.8, 4) is 0 Å². The number of ether oxygens (including phenoxy) is 1. The molecule has 2 rings (SSSR count). The Hall–Kier alpha value is -2.25. The maximum absolute atomic E-state index is 12.3. The highest BCUT2D eigenvalue weighted by atomic mass is 16.6. The number of nitrogens with zero attached hydrogens (tertiary/aromatic N) is 4. The van der Waals surface area contributed by atoms with Crippen LogP contribution in [-0.4, -0.2) is 58.5 Å². The van der Waals surface area contributed by atoms with Crippen LogP contribution in [0.2, 0.25) is 0 Å². The molecule has 27 heavy (non-hydrogen) atoms. The first-order chi connectivity index (χ1) is 12.6. The summed E-state index contributed by atoms with van der Waals surface area (Å²) >= 11 is 0. The monoisotopic (exact) mass is 378 g/mol. The fourth-order valence-corrected chi connectivity index (χ4v) is 3.22. The lowest BCUT2D eigenvalue weighted by molar-refractivity contribution is 0.0193. The summed E-state index contributed by atoms with van der Waals surface area (Å²) in [5.41, 5.74) is 2.87. The molecule has 1 unspecified atom stereocenters. The van der Waals surface area contributed by atoms with Crippen LogP contribution < -0.4 is 10.6 Å². The lowest BCUT2D eigenvalue weighted by Gasteiger charge is -2.35. The van der Waals surface area contributed by atoms with Gasteiger partial charge in [0.25, 0.3) is 0 Å². The number of guanidine groups is 1. The molecule has 8 heteroatoms. The molecule has 2 heterocycles. The van der Waals surface area contributed by atoms with Crippen molar-refractivity contribution in [3.63, 3.8) is 0 Å². The maximum atomic E-state index is 12.3. The van der Waals surface area contributed by atoms with Crippen molar-refractivity contribution >= 4 is 12.1 Å². The quantitative estimate of drug-likeness (QED) is 0.622. The van der Waals surface area contributed by atoms with Crippen LogP contribution in [0.1, 0.15) is 50.6 Å². The molecule has 2 N–H and O–H groups in total. The second-order valence-electron chi connectivity index (χ2n) is 8.11. The van der Waals surface area contributed by atoms with Gasteiger partial charge in [0.2, 0.25) is 0 Å². The summed E-state index contributed by atoms with van der Waals surface area (Å²) in [5, 5.41) is 11.2. The number of likely N-dealkylation sites (tertiary alicyclic amines) is 1. The van der Waals surface area contributed by atoms with Crippen molar-refractivity contribution in [3.05, 3.63) is 17.0 Å². The molecule has 0 bridgehead atoms. The van der Waals surface area contributed by atoms with Crippen LogP contribution in [0.5, 0.6) is 0 Å². The lowest BCUT2D eigenvalue weighted by atomic mass is 10.1. The van der Waals surface area contributed by atoms with Crippen LogP contribution in [0.3, 0.4) is 0 Å². The number of hydrogen-bond acceptors (Lipinski definition) is 4. The largest absolute Gasteiger partial charge is 0.444 e. The third-order valence-corrected chi connectivity index (χ3v) is 4.73. The summed E-state index contributed by atoms with van der Waals surface area (Å²) in [6.07, 6.45) is 1.68. The summed E-state index contributed by atoms with van der Waals surface area (Å²) in [5.74, 6) is 0.730. The number of rotatable bonds is 3. The molecule has 8 nitrogen and oxygen atoms in total. The molecule has 1 fully saturated rings. The Morgan fingerprint density at radius 2 is 2.07 bits per heavy atom. The van der Waals surface area contributed by atoms with Crippen molar-refractivity contribution in [1.29, 1.82) is 0 Å². The van der Waals surface area contributed by atoms with Gasteiger partial charge < -0.3 is 20.3 Å². The van der Waals surface area contributed by atoms with E-state index in [1.807, 2.05) is 39.4 Å². The molecule has 152 valence electrons. The summed E-state index contributed by atoms with van der Waals surface area (Å²) in [6, 6.07) is 0.147. The highest BCUT2D eigenvalue weighted by Gasteiger charge is 2.28. The van der Waals surface area contributed by atoms with E-state index in [2.05, 4.69) is 27.6 Å². The van der Waals surface area contributed by atoms with Gasteiger partial charge in [-0.05, 0) is 47.5 Å². The molecule has 1 saturated heterocycles. The van der Waals surface area contributed by atoms with E-state index in [-0.39, 0.29) is 12.1 Å². The van der Waals surface area contributed by atoms with Crippen molar-refractivity contribution in [2.45, 2.75) is 65.6 Å². The average Bonchev–Trinajstić information content (AvgIpc) is 2.82. The highest BCUT2D eigenvalue weighted by Crippen LogP contribution is 2.15. The smallest absolute Gasteiger partial charge is 0.410 e. The van der Waals surface area contributed by atoms with Gasteiger partial charge in [0, 0.05) is 51.0 Å². The van der Waals surface area contributed by atoms with Crippen LogP contribution in [0.15, 0.2) is 4.99 Å². The number of amides is 1. The Kier molecular flexibility index (Phi) is 6.73. The highest BCUT2D eigenvalue weighted by molar-refractivity contribution is 5.80. The van der Waals surface area contributed by atoms with Gasteiger partial charge in [0.1, 0.15) is 5.60 Å². The van der Waals surface area contributed by atoms with Gasteiger partial charge >= 0.3 is 6.09 Å². The zero-order valence-corrected chi connectivity index (χ0v) is 17.7. The predicted octanol–water partition coefficient (Wildman–Crippen LogP) is 2.10. The lowest BCUT2D eigenvalue weighted by Crippen LogP contribution is -2.53. The van der Waals surface area contributed by atoms with Gasteiger partial charge in [-0.3, -0.25) is 9.67 Å². The summed E-state index contributed by atoms with van der Waals surface area (Å²) in [6.45, 7) is 11.7. The number of carbonyl (C=O) groups is 1. The zero-order valence-electron chi connectivity index (χ0n) is 17.7. The maximum Gasteiger partial charge on any atom is 0.410 e. The Labute approximate surface area is 162 Å². The third-order valence-electron chi connectivity index (χ3n) is 4.73. The molecule has 1 atom stereocenters. The third kappa shape index (κ3) is 5.87. The van der Waals surface area contributed by atoms with E-state index in [0.717, 1.165) is 36.7 Å².